The van der Waals surface area contributed by atoms with E-state index in [-0.39, 0.29) is 11.8 Å². The highest BCUT2D eigenvalue weighted by atomic mass is 32.2. The number of amides is 1. The van der Waals surface area contributed by atoms with Crippen LogP contribution in [0.25, 0.3) is 0 Å². The minimum Gasteiger partial charge on any atom is -0.465 e. The van der Waals surface area contributed by atoms with Crippen LogP contribution < -0.4 is 5.32 Å². The van der Waals surface area contributed by atoms with E-state index in [1.165, 1.54) is 22.8 Å². The summed E-state index contributed by atoms with van der Waals surface area (Å²) >= 11 is 1.19. The number of carbonyl (C=O) groups is 2. The van der Waals surface area contributed by atoms with Crippen LogP contribution in [-0.2, 0) is 19.6 Å². The van der Waals surface area contributed by atoms with E-state index >= 15 is 0 Å². The molecule has 0 bridgehead atoms. The average Bonchev–Trinajstić information content (AvgIpc) is 3.25. The lowest BCUT2D eigenvalue weighted by Gasteiger charge is -2.30. The standard InChI is InChI=1S/C19H22N2O5S2/c1-13-15(19(23)26-2)5-3-6-16(13)20-18(22)14-8-10-21(11-9-14)28(24,25)17-7-4-12-27-17/h3-7,12,14H,8-11H2,1-2H3,(H,20,22). The highest BCUT2D eigenvalue weighted by Gasteiger charge is 2.32. The minimum atomic E-state index is -3.48. The molecule has 9 heteroatoms. The number of methoxy groups -OCH3 is 1. The van der Waals surface area contributed by atoms with Crippen molar-refractivity contribution in [3.63, 3.8) is 0 Å². The molecule has 0 aliphatic carbocycles. The summed E-state index contributed by atoms with van der Waals surface area (Å²) < 4.78 is 31.7. The van der Waals surface area contributed by atoms with Crippen molar-refractivity contribution >= 4 is 38.9 Å². The molecular formula is C19H22N2O5S2. The monoisotopic (exact) mass is 422 g/mol. The summed E-state index contributed by atoms with van der Waals surface area (Å²) in [6.07, 6.45) is 0.901. The molecule has 1 aromatic carbocycles. The van der Waals surface area contributed by atoms with Gasteiger partial charge in [0.05, 0.1) is 12.7 Å². The fourth-order valence-corrected chi connectivity index (χ4v) is 5.85. The van der Waals surface area contributed by atoms with Crippen LogP contribution in [0.5, 0.6) is 0 Å². The van der Waals surface area contributed by atoms with Crippen LogP contribution in [0, 0.1) is 12.8 Å². The van der Waals surface area contributed by atoms with Crippen LogP contribution in [0.3, 0.4) is 0 Å². The van der Waals surface area contributed by atoms with Crippen LogP contribution in [-0.4, -0.2) is 44.8 Å². The summed E-state index contributed by atoms with van der Waals surface area (Å²) in [6.45, 7) is 2.36. The topological polar surface area (TPSA) is 92.8 Å². The maximum absolute atomic E-state index is 12.7. The van der Waals surface area contributed by atoms with Crippen molar-refractivity contribution in [2.24, 2.45) is 5.92 Å². The van der Waals surface area contributed by atoms with E-state index in [0.29, 0.717) is 47.0 Å². The highest BCUT2D eigenvalue weighted by molar-refractivity contribution is 7.91. The van der Waals surface area contributed by atoms with Gasteiger partial charge in [0.15, 0.2) is 0 Å². The van der Waals surface area contributed by atoms with Gasteiger partial charge in [0.1, 0.15) is 4.21 Å². The number of benzene rings is 1. The normalized spacial score (nSPS) is 15.9. The third-order valence-corrected chi connectivity index (χ3v) is 8.18. The zero-order chi connectivity index (χ0) is 20.3. The average molecular weight is 423 g/mol. The fourth-order valence-electron chi connectivity index (χ4n) is 3.23. The van der Waals surface area contributed by atoms with Gasteiger partial charge in [-0.25, -0.2) is 13.2 Å². The van der Waals surface area contributed by atoms with Gasteiger partial charge in [0.2, 0.25) is 5.91 Å². The molecule has 1 saturated heterocycles. The van der Waals surface area contributed by atoms with Gasteiger partial charge in [-0.3, -0.25) is 4.79 Å². The van der Waals surface area contributed by atoms with Crippen LogP contribution in [0.1, 0.15) is 28.8 Å². The number of carbonyl (C=O) groups excluding carboxylic acids is 2. The van der Waals surface area contributed by atoms with Crippen LogP contribution in [0.4, 0.5) is 5.69 Å². The first-order valence-electron chi connectivity index (χ1n) is 8.87. The van der Waals surface area contributed by atoms with E-state index in [1.807, 2.05) is 0 Å². The Hall–Kier alpha value is -2.23. The van der Waals surface area contributed by atoms with Gasteiger partial charge in [-0.05, 0) is 48.9 Å². The Bertz CT molecular complexity index is 962. The molecule has 0 atom stereocenters. The third kappa shape index (κ3) is 4.11. The predicted octanol–water partition coefficient (Wildman–Crippen LogP) is 2.88. The molecule has 7 nitrogen and oxygen atoms in total. The molecule has 1 amide bonds. The van der Waals surface area contributed by atoms with Crippen molar-refractivity contribution < 1.29 is 22.7 Å². The summed E-state index contributed by atoms with van der Waals surface area (Å²) in [5.41, 5.74) is 1.60. The smallest absolute Gasteiger partial charge is 0.338 e. The molecule has 2 aromatic rings. The number of sulfonamides is 1. The second kappa shape index (κ2) is 8.42. The second-order valence-corrected chi connectivity index (χ2v) is 9.68. The number of rotatable bonds is 5. The molecule has 150 valence electrons. The van der Waals surface area contributed by atoms with Gasteiger partial charge >= 0.3 is 5.97 Å². The largest absolute Gasteiger partial charge is 0.465 e. The summed E-state index contributed by atoms with van der Waals surface area (Å²) in [5, 5.41) is 4.60. The molecule has 3 rings (SSSR count). The molecule has 1 aliphatic heterocycles. The molecule has 28 heavy (non-hydrogen) atoms. The zero-order valence-electron chi connectivity index (χ0n) is 15.7. The van der Waals surface area contributed by atoms with Crippen molar-refractivity contribution in [3.05, 3.63) is 46.8 Å². The first-order valence-corrected chi connectivity index (χ1v) is 11.2. The maximum atomic E-state index is 12.7. The van der Waals surface area contributed by atoms with Crippen molar-refractivity contribution in [2.45, 2.75) is 24.0 Å². The van der Waals surface area contributed by atoms with Crippen molar-refractivity contribution in [2.75, 3.05) is 25.5 Å². The van der Waals surface area contributed by atoms with E-state index in [9.17, 15) is 18.0 Å². The quantitative estimate of drug-likeness (QED) is 0.748. The lowest BCUT2D eigenvalue weighted by molar-refractivity contribution is -0.120. The predicted molar refractivity (Wildman–Crippen MR) is 107 cm³/mol. The lowest BCUT2D eigenvalue weighted by Crippen LogP contribution is -2.41. The van der Waals surface area contributed by atoms with Crippen LogP contribution in [0.15, 0.2) is 39.9 Å². The second-order valence-electron chi connectivity index (χ2n) is 6.57. The minimum absolute atomic E-state index is 0.168. The summed E-state index contributed by atoms with van der Waals surface area (Å²) in [4.78, 5) is 24.5. The lowest BCUT2D eigenvalue weighted by atomic mass is 9.96. The number of hydrogen-bond donors (Lipinski definition) is 1. The number of ether oxygens (including phenoxy) is 1. The van der Waals surface area contributed by atoms with Crippen LogP contribution >= 0.6 is 11.3 Å². The molecule has 0 unspecified atom stereocenters. The number of hydrogen-bond acceptors (Lipinski definition) is 6. The fraction of sp³-hybridized carbons (Fsp3) is 0.368. The van der Waals surface area contributed by atoms with Gasteiger partial charge in [-0.1, -0.05) is 12.1 Å². The van der Waals surface area contributed by atoms with E-state index < -0.39 is 16.0 Å². The number of nitrogens with one attached hydrogen (secondary N) is 1. The maximum Gasteiger partial charge on any atom is 0.338 e. The Morgan fingerprint density at radius 2 is 1.89 bits per heavy atom. The van der Waals surface area contributed by atoms with Crippen molar-refractivity contribution in [1.29, 1.82) is 0 Å². The summed E-state index contributed by atoms with van der Waals surface area (Å²) in [6, 6.07) is 8.37. The zero-order valence-corrected chi connectivity index (χ0v) is 17.3. The number of nitrogens with zero attached hydrogens (tertiary/aromatic N) is 1. The van der Waals surface area contributed by atoms with E-state index in [4.69, 9.17) is 4.74 Å². The first kappa shape index (κ1) is 20.5. The van der Waals surface area contributed by atoms with Gasteiger partial charge in [-0.15, -0.1) is 11.3 Å². The summed E-state index contributed by atoms with van der Waals surface area (Å²) in [5.74, 6) is -0.907. The Labute approximate surface area is 168 Å². The molecule has 1 aromatic heterocycles. The molecular weight excluding hydrogens is 400 g/mol. The molecule has 0 radical (unpaired) electrons. The number of anilines is 1. The van der Waals surface area contributed by atoms with Crippen molar-refractivity contribution in [1.82, 2.24) is 4.31 Å². The molecule has 0 spiro atoms. The van der Waals surface area contributed by atoms with Gasteiger partial charge in [0.25, 0.3) is 10.0 Å². The van der Waals surface area contributed by atoms with Gasteiger partial charge in [-0.2, -0.15) is 4.31 Å². The number of thiophene rings is 1. The first-order chi connectivity index (χ1) is 13.3. The van der Waals surface area contributed by atoms with E-state index in [1.54, 1.807) is 42.6 Å². The number of esters is 1. The van der Waals surface area contributed by atoms with Gasteiger partial charge in [0, 0.05) is 24.7 Å². The molecule has 1 N–H and O–H groups in total. The Kier molecular flexibility index (Phi) is 6.17. The highest BCUT2D eigenvalue weighted by Crippen LogP contribution is 2.28. The molecule has 1 fully saturated rings. The Morgan fingerprint density at radius 3 is 2.50 bits per heavy atom. The Balaban J connectivity index is 1.64. The molecule has 0 saturated carbocycles. The molecule has 2 heterocycles. The van der Waals surface area contributed by atoms with Crippen LogP contribution in [0.2, 0.25) is 0 Å². The van der Waals surface area contributed by atoms with Gasteiger partial charge < -0.3 is 10.1 Å². The Morgan fingerprint density at radius 1 is 1.18 bits per heavy atom. The summed E-state index contributed by atoms with van der Waals surface area (Å²) in [7, 11) is -2.17. The molecule has 1 aliphatic rings. The SMILES string of the molecule is COC(=O)c1cccc(NC(=O)C2CCN(S(=O)(=O)c3cccs3)CC2)c1C. The number of piperidine rings is 1. The third-order valence-electron chi connectivity index (χ3n) is 4.91. The van der Waals surface area contributed by atoms with E-state index in [2.05, 4.69) is 5.32 Å². The van der Waals surface area contributed by atoms with E-state index in [0.717, 1.165) is 0 Å². The van der Waals surface area contributed by atoms with Crippen molar-refractivity contribution in [3.8, 4) is 0 Å².